The normalized spacial score (nSPS) is 17.8. The molecule has 1 aliphatic rings. The van der Waals surface area contributed by atoms with Crippen molar-refractivity contribution < 1.29 is 9.59 Å². The van der Waals surface area contributed by atoms with Crippen molar-refractivity contribution in [2.24, 2.45) is 0 Å². The fourth-order valence-corrected chi connectivity index (χ4v) is 3.93. The molecule has 160 valence electrons. The van der Waals surface area contributed by atoms with Crippen molar-refractivity contribution in [3.05, 3.63) is 59.7 Å². The summed E-state index contributed by atoms with van der Waals surface area (Å²) >= 11 is 0. The van der Waals surface area contributed by atoms with E-state index in [1.54, 1.807) is 0 Å². The zero-order valence-corrected chi connectivity index (χ0v) is 18.3. The van der Waals surface area contributed by atoms with E-state index in [0.29, 0.717) is 12.0 Å². The second-order valence-electron chi connectivity index (χ2n) is 8.23. The molecule has 30 heavy (non-hydrogen) atoms. The third-order valence-corrected chi connectivity index (χ3v) is 5.71. The van der Waals surface area contributed by atoms with E-state index < -0.39 is 6.04 Å². The van der Waals surface area contributed by atoms with Gasteiger partial charge in [0, 0.05) is 37.5 Å². The van der Waals surface area contributed by atoms with Gasteiger partial charge in [0.2, 0.25) is 5.91 Å². The van der Waals surface area contributed by atoms with E-state index in [-0.39, 0.29) is 17.7 Å². The summed E-state index contributed by atoms with van der Waals surface area (Å²) in [4.78, 5) is 27.9. The van der Waals surface area contributed by atoms with E-state index in [9.17, 15) is 9.59 Å². The molecule has 5 heteroatoms. The Hall–Kier alpha value is -2.82. The summed E-state index contributed by atoms with van der Waals surface area (Å²) in [5, 5.41) is 6.51. The van der Waals surface area contributed by atoms with Crippen LogP contribution >= 0.6 is 0 Å². The number of hydrogen-bond donors (Lipinski definition) is 2. The summed E-state index contributed by atoms with van der Waals surface area (Å²) < 4.78 is 0. The average molecular weight is 408 g/mol. The van der Waals surface area contributed by atoms with Crippen LogP contribution < -0.4 is 15.5 Å². The summed E-state index contributed by atoms with van der Waals surface area (Å²) in [6.45, 7) is 2.18. The van der Waals surface area contributed by atoms with Crippen LogP contribution in [-0.2, 0) is 4.79 Å². The Labute approximate surface area is 179 Å². The van der Waals surface area contributed by atoms with Crippen LogP contribution in [-0.4, -0.2) is 31.8 Å². The van der Waals surface area contributed by atoms with Crippen LogP contribution in [0.15, 0.2) is 48.5 Å². The Morgan fingerprint density at radius 3 is 2.40 bits per heavy atom. The van der Waals surface area contributed by atoms with Crippen molar-refractivity contribution in [1.29, 1.82) is 0 Å². The maximum absolute atomic E-state index is 13.3. The lowest BCUT2D eigenvalue weighted by Gasteiger charge is -2.34. The third-order valence-electron chi connectivity index (χ3n) is 5.71. The lowest BCUT2D eigenvalue weighted by atomic mass is 9.87. The van der Waals surface area contributed by atoms with Gasteiger partial charge in [-0.25, -0.2) is 0 Å². The van der Waals surface area contributed by atoms with Crippen molar-refractivity contribution in [3.8, 4) is 0 Å². The molecule has 2 atom stereocenters. The van der Waals surface area contributed by atoms with Crippen LogP contribution in [0.4, 0.5) is 11.4 Å². The number of para-hydroxylation sites is 1. The molecule has 2 aromatic carbocycles. The molecule has 2 aromatic rings. The van der Waals surface area contributed by atoms with Crippen LogP contribution in [0.25, 0.3) is 0 Å². The van der Waals surface area contributed by atoms with Gasteiger partial charge in [-0.05, 0) is 36.2 Å². The summed E-state index contributed by atoms with van der Waals surface area (Å²) in [6.07, 6.45) is 5.91. The molecule has 0 unspecified atom stereocenters. The second-order valence-corrected chi connectivity index (χ2v) is 8.23. The van der Waals surface area contributed by atoms with Gasteiger partial charge in [-0.3, -0.25) is 9.59 Å². The predicted octanol–water partition coefficient (Wildman–Crippen LogP) is 4.95. The molecule has 0 fully saturated rings. The standard InChI is InChI=1S/C25H33N3O2/c1-4-5-6-7-8-13-22(29)27-24-23(18-14-16-19(17-15-18)28(2)3)26-21-12-10-9-11-20(21)25(24)30/h9-12,14-17,23-24,26H,4-8,13H2,1-3H3,(H,27,29)/t23-,24-/m0/s1. The number of fused-ring (bicyclic) bond motifs is 1. The van der Waals surface area contributed by atoms with Gasteiger partial charge < -0.3 is 15.5 Å². The minimum atomic E-state index is -0.617. The quantitative estimate of drug-likeness (QED) is 0.578. The Kier molecular flexibility index (Phi) is 7.50. The molecule has 2 N–H and O–H groups in total. The number of hydrogen-bond acceptors (Lipinski definition) is 4. The van der Waals surface area contributed by atoms with Gasteiger partial charge in [-0.2, -0.15) is 0 Å². The van der Waals surface area contributed by atoms with Gasteiger partial charge in [0.1, 0.15) is 6.04 Å². The molecule has 1 heterocycles. The fraction of sp³-hybridized carbons (Fsp3) is 0.440. The molecular formula is C25H33N3O2. The highest BCUT2D eigenvalue weighted by atomic mass is 16.2. The minimum absolute atomic E-state index is 0.0367. The Morgan fingerprint density at radius 2 is 1.70 bits per heavy atom. The molecule has 0 saturated heterocycles. The number of nitrogens with one attached hydrogen (secondary N) is 2. The topological polar surface area (TPSA) is 61.4 Å². The highest BCUT2D eigenvalue weighted by molar-refractivity contribution is 6.08. The van der Waals surface area contributed by atoms with E-state index in [0.717, 1.165) is 36.2 Å². The fourth-order valence-electron chi connectivity index (χ4n) is 3.93. The van der Waals surface area contributed by atoms with E-state index >= 15 is 0 Å². The van der Waals surface area contributed by atoms with Crippen molar-refractivity contribution in [3.63, 3.8) is 0 Å². The molecule has 0 aromatic heterocycles. The first-order valence-electron chi connectivity index (χ1n) is 11.0. The maximum Gasteiger partial charge on any atom is 0.220 e. The second kappa shape index (κ2) is 10.3. The minimum Gasteiger partial charge on any atom is -0.378 e. The molecule has 3 rings (SSSR count). The zero-order chi connectivity index (χ0) is 21.5. The molecule has 0 saturated carbocycles. The Balaban J connectivity index is 1.78. The van der Waals surface area contributed by atoms with Crippen LogP contribution in [0, 0.1) is 0 Å². The van der Waals surface area contributed by atoms with Gasteiger partial charge in [-0.1, -0.05) is 56.9 Å². The van der Waals surface area contributed by atoms with E-state index in [1.165, 1.54) is 12.8 Å². The Morgan fingerprint density at radius 1 is 1.00 bits per heavy atom. The number of ketones is 1. The number of unbranched alkanes of at least 4 members (excludes halogenated alkanes) is 4. The molecule has 5 nitrogen and oxygen atoms in total. The number of carbonyl (C=O) groups excluding carboxylic acids is 2. The Bertz CT molecular complexity index is 861. The molecule has 1 amide bonds. The smallest absolute Gasteiger partial charge is 0.220 e. The predicted molar refractivity (Wildman–Crippen MR) is 123 cm³/mol. The summed E-state index contributed by atoms with van der Waals surface area (Å²) in [5.41, 5.74) is 3.52. The van der Waals surface area contributed by atoms with E-state index in [4.69, 9.17) is 0 Å². The number of carbonyl (C=O) groups is 2. The van der Waals surface area contributed by atoms with Gasteiger partial charge in [0.15, 0.2) is 5.78 Å². The van der Waals surface area contributed by atoms with Gasteiger partial charge >= 0.3 is 0 Å². The van der Waals surface area contributed by atoms with Gasteiger partial charge in [-0.15, -0.1) is 0 Å². The monoisotopic (exact) mass is 407 g/mol. The van der Waals surface area contributed by atoms with Gasteiger partial charge in [0.05, 0.1) is 6.04 Å². The summed E-state index contributed by atoms with van der Waals surface area (Å²) in [6, 6.07) is 14.7. The molecule has 0 bridgehead atoms. The number of anilines is 2. The lowest BCUT2D eigenvalue weighted by Crippen LogP contribution is -2.49. The maximum atomic E-state index is 13.3. The average Bonchev–Trinajstić information content (AvgIpc) is 2.75. The largest absolute Gasteiger partial charge is 0.378 e. The van der Waals surface area contributed by atoms with Crippen molar-refractivity contribution in [1.82, 2.24) is 5.32 Å². The first-order valence-corrected chi connectivity index (χ1v) is 11.0. The number of rotatable bonds is 9. The zero-order valence-electron chi connectivity index (χ0n) is 18.3. The highest BCUT2D eigenvalue weighted by Gasteiger charge is 2.37. The molecule has 1 aliphatic heterocycles. The number of nitrogens with zero attached hydrogens (tertiary/aromatic N) is 1. The first kappa shape index (κ1) is 21.9. The van der Waals surface area contributed by atoms with Crippen LogP contribution in [0.3, 0.4) is 0 Å². The molecule has 0 radical (unpaired) electrons. The third kappa shape index (κ3) is 5.21. The lowest BCUT2D eigenvalue weighted by molar-refractivity contribution is -0.121. The van der Waals surface area contributed by atoms with Crippen molar-refractivity contribution in [2.75, 3.05) is 24.3 Å². The number of amides is 1. The highest BCUT2D eigenvalue weighted by Crippen LogP contribution is 2.33. The molecule has 0 spiro atoms. The van der Waals surface area contributed by atoms with Crippen molar-refractivity contribution in [2.45, 2.75) is 57.5 Å². The van der Waals surface area contributed by atoms with Crippen LogP contribution in [0.5, 0.6) is 0 Å². The van der Waals surface area contributed by atoms with Crippen LogP contribution in [0.2, 0.25) is 0 Å². The summed E-state index contributed by atoms with van der Waals surface area (Å²) in [7, 11) is 3.99. The first-order chi connectivity index (χ1) is 14.5. The summed E-state index contributed by atoms with van der Waals surface area (Å²) in [5.74, 6) is -0.0914. The van der Waals surface area contributed by atoms with Gasteiger partial charge in [0.25, 0.3) is 0 Å². The number of benzene rings is 2. The van der Waals surface area contributed by atoms with E-state index in [2.05, 4.69) is 17.6 Å². The number of Topliss-reactive ketones (excluding diaryl/α,β-unsaturated/α-hetero) is 1. The molecule has 0 aliphatic carbocycles. The SMILES string of the molecule is CCCCCCCC(=O)N[C@@H]1C(=O)c2ccccc2N[C@H]1c1ccc(N(C)C)cc1. The van der Waals surface area contributed by atoms with Crippen LogP contribution in [0.1, 0.15) is 67.4 Å². The van der Waals surface area contributed by atoms with E-state index in [1.807, 2.05) is 67.5 Å². The van der Waals surface area contributed by atoms with Crippen molar-refractivity contribution >= 4 is 23.1 Å². The molecular weight excluding hydrogens is 374 g/mol.